The van der Waals surface area contributed by atoms with Crippen molar-refractivity contribution in [2.45, 2.75) is 11.8 Å². The van der Waals surface area contributed by atoms with Crippen molar-refractivity contribution in [1.82, 2.24) is 4.98 Å². The van der Waals surface area contributed by atoms with Gasteiger partial charge in [-0.2, -0.15) is 0 Å². The van der Waals surface area contributed by atoms with Gasteiger partial charge in [-0.25, -0.2) is 13.4 Å². The van der Waals surface area contributed by atoms with Gasteiger partial charge in [-0.05, 0) is 52.3 Å². The summed E-state index contributed by atoms with van der Waals surface area (Å²) in [5.74, 6) is -0.00243. The molecule has 1 aromatic carbocycles. The first-order chi connectivity index (χ1) is 9.87. The van der Waals surface area contributed by atoms with Crippen LogP contribution in [0.3, 0.4) is 0 Å². The summed E-state index contributed by atoms with van der Waals surface area (Å²) in [6.07, 6.45) is 0. The van der Waals surface area contributed by atoms with Gasteiger partial charge in [0.2, 0.25) is 5.91 Å². The van der Waals surface area contributed by atoms with Gasteiger partial charge in [0.25, 0.3) is 10.0 Å². The van der Waals surface area contributed by atoms with E-state index in [9.17, 15) is 13.2 Å². The van der Waals surface area contributed by atoms with Crippen LogP contribution in [-0.2, 0) is 14.8 Å². The maximum atomic E-state index is 12.2. The average Bonchev–Trinajstić information content (AvgIpc) is 2.38. The number of nitrogens with zero attached hydrogens (tertiary/aromatic N) is 1. The molecule has 2 rings (SSSR count). The van der Waals surface area contributed by atoms with Crippen molar-refractivity contribution in [3.05, 3.63) is 47.1 Å². The predicted octanol–water partition coefficient (Wildman–Crippen LogP) is 2.60. The maximum Gasteiger partial charge on any atom is 0.263 e. The van der Waals surface area contributed by atoms with E-state index < -0.39 is 10.0 Å². The van der Waals surface area contributed by atoms with E-state index in [1.165, 1.54) is 31.2 Å². The van der Waals surface area contributed by atoms with Crippen LogP contribution < -0.4 is 10.0 Å². The molecule has 0 radical (unpaired) electrons. The highest BCUT2D eigenvalue weighted by Crippen LogP contribution is 2.18. The molecule has 1 aromatic heterocycles. The molecule has 0 bridgehead atoms. The minimum atomic E-state index is -3.72. The van der Waals surface area contributed by atoms with E-state index in [0.717, 1.165) is 0 Å². The number of anilines is 2. The number of pyridine rings is 1. The summed E-state index contributed by atoms with van der Waals surface area (Å²) in [7, 11) is -3.72. The number of sulfonamides is 1. The van der Waals surface area contributed by atoms with Crippen molar-refractivity contribution in [2.24, 2.45) is 0 Å². The molecule has 0 atom stereocenters. The number of nitrogens with one attached hydrogen (secondary N) is 2. The number of amides is 1. The predicted molar refractivity (Wildman–Crippen MR) is 83.5 cm³/mol. The monoisotopic (exact) mass is 369 g/mol. The van der Waals surface area contributed by atoms with Crippen molar-refractivity contribution in [3.63, 3.8) is 0 Å². The Hall–Kier alpha value is -1.93. The molecule has 0 fully saturated rings. The van der Waals surface area contributed by atoms with Gasteiger partial charge in [-0.1, -0.05) is 6.07 Å². The fourth-order valence-corrected chi connectivity index (χ4v) is 2.93. The first-order valence-electron chi connectivity index (χ1n) is 5.90. The molecular weight excluding hydrogens is 358 g/mol. The van der Waals surface area contributed by atoms with Gasteiger partial charge in [-0.3, -0.25) is 9.52 Å². The SMILES string of the molecule is CC(=O)Nc1ccc(S(=O)(=O)Nc2cccc(Br)n2)cc1. The third kappa shape index (κ3) is 4.27. The van der Waals surface area contributed by atoms with E-state index in [1.54, 1.807) is 18.2 Å². The number of halogens is 1. The summed E-state index contributed by atoms with van der Waals surface area (Å²) < 4.78 is 27.3. The lowest BCUT2D eigenvalue weighted by atomic mass is 10.3. The molecule has 110 valence electrons. The Bertz CT molecular complexity index is 760. The summed E-state index contributed by atoms with van der Waals surface area (Å²) in [4.78, 5) is 15.0. The highest BCUT2D eigenvalue weighted by Gasteiger charge is 2.14. The summed E-state index contributed by atoms with van der Waals surface area (Å²) in [6, 6.07) is 10.8. The van der Waals surface area contributed by atoms with Crippen molar-refractivity contribution in [3.8, 4) is 0 Å². The topological polar surface area (TPSA) is 88.2 Å². The van der Waals surface area contributed by atoms with E-state index in [4.69, 9.17) is 0 Å². The van der Waals surface area contributed by atoms with Gasteiger partial charge in [0, 0.05) is 12.6 Å². The molecule has 21 heavy (non-hydrogen) atoms. The van der Waals surface area contributed by atoms with Crippen LogP contribution >= 0.6 is 15.9 Å². The Morgan fingerprint density at radius 2 is 1.81 bits per heavy atom. The minimum Gasteiger partial charge on any atom is -0.326 e. The van der Waals surface area contributed by atoms with E-state index in [0.29, 0.717) is 10.3 Å². The first kappa shape index (κ1) is 15.5. The first-order valence-corrected chi connectivity index (χ1v) is 8.17. The van der Waals surface area contributed by atoms with Gasteiger partial charge in [-0.15, -0.1) is 0 Å². The average molecular weight is 370 g/mol. The quantitative estimate of drug-likeness (QED) is 0.810. The summed E-state index contributed by atoms with van der Waals surface area (Å²) in [5, 5.41) is 2.57. The van der Waals surface area contributed by atoms with Crippen LogP contribution in [0.1, 0.15) is 6.92 Å². The lowest BCUT2D eigenvalue weighted by Gasteiger charge is -2.08. The van der Waals surface area contributed by atoms with Crippen molar-refractivity contribution in [1.29, 1.82) is 0 Å². The largest absolute Gasteiger partial charge is 0.326 e. The zero-order valence-electron chi connectivity index (χ0n) is 11.0. The summed E-state index contributed by atoms with van der Waals surface area (Å²) in [5.41, 5.74) is 0.530. The highest BCUT2D eigenvalue weighted by molar-refractivity contribution is 9.10. The number of hydrogen-bond donors (Lipinski definition) is 2. The Morgan fingerprint density at radius 1 is 1.14 bits per heavy atom. The molecule has 0 aliphatic rings. The molecule has 1 amide bonds. The second-order valence-corrected chi connectivity index (χ2v) is 6.65. The third-order valence-electron chi connectivity index (χ3n) is 2.44. The number of aromatic nitrogens is 1. The summed E-state index contributed by atoms with van der Waals surface area (Å²) in [6.45, 7) is 1.38. The Morgan fingerprint density at radius 3 is 2.38 bits per heavy atom. The molecule has 0 aliphatic carbocycles. The lowest BCUT2D eigenvalue weighted by Crippen LogP contribution is -2.14. The number of rotatable bonds is 4. The number of hydrogen-bond acceptors (Lipinski definition) is 4. The molecular formula is C13H12BrN3O3S. The van der Waals surface area contributed by atoms with E-state index in [2.05, 4.69) is 31.0 Å². The normalized spacial score (nSPS) is 11.0. The summed E-state index contributed by atoms with van der Waals surface area (Å²) >= 11 is 3.17. The maximum absolute atomic E-state index is 12.2. The van der Waals surface area contributed by atoms with Gasteiger partial charge in [0.1, 0.15) is 10.4 Å². The lowest BCUT2D eigenvalue weighted by molar-refractivity contribution is -0.114. The van der Waals surface area contributed by atoms with Crippen molar-refractivity contribution in [2.75, 3.05) is 10.0 Å². The van der Waals surface area contributed by atoms with Crippen LogP contribution in [0.2, 0.25) is 0 Å². The van der Waals surface area contributed by atoms with Crippen LogP contribution in [0.15, 0.2) is 52.0 Å². The standard InChI is InChI=1S/C13H12BrN3O3S/c1-9(18)15-10-5-7-11(8-6-10)21(19,20)17-13-4-2-3-12(14)16-13/h2-8H,1H3,(H,15,18)(H,16,17). The van der Waals surface area contributed by atoms with Crippen LogP contribution in [-0.4, -0.2) is 19.3 Å². The molecule has 0 spiro atoms. The number of carbonyl (C=O) groups is 1. The molecule has 2 aromatic rings. The van der Waals surface area contributed by atoms with E-state index in [1.807, 2.05) is 0 Å². The van der Waals surface area contributed by atoms with Crippen LogP contribution in [0.4, 0.5) is 11.5 Å². The molecule has 6 nitrogen and oxygen atoms in total. The molecule has 0 saturated carbocycles. The smallest absolute Gasteiger partial charge is 0.263 e. The van der Waals surface area contributed by atoms with Crippen molar-refractivity contribution >= 4 is 43.4 Å². The van der Waals surface area contributed by atoms with Crippen LogP contribution in [0.25, 0.3) is 0 Å². The highest BCUT2D eigenvalue weighted by atomic mass is 79.9. The minimum absolute atomic E-state index is 0.0818. The van der Waals surface area contributed by atoms with Crippen LogP contribution in [0, 0.1) is 0 Å². The Kier molecular flexibility index (Phi) is 4.59. The zero-order valence-corrected chi connectivity index (χ0v) is 13.4. The van der Waals surface area contributed by atoms with Gasteiger partial charge < -0.3 is 5.32 Å². The second-order valence-electron chi connectivity index (χ2n) is 4.16. The molecule has 2 N–H and O–H groups in total. The molecule has 0 unspecified atom stereocenters. The number of benzene rings is 1. The van der Waals surface area contributed by atoms with Gasteiger partial charge >= 0.3 is 0 Å². The fraction of sp³-hybridized carbons (Fsp3) is 0.0769. The van der Waals surface area contributed by atoms with E-state index >= 15 is 0 Å². The molecule has 1 heterocycles. The molecule has 0 saturated heterocycles. The fourth-order valence-electron chi connectivity index (χ4n) is 1.58. The third-order valence-corrected chi connectivity index (χ3v) is 4.25. The Labute approximate surface area is 130 Å². The molecule has 0 aliphatic heterocycles. The Balaban J connectivity index is 2.21. The van der Waals surface area contributed by atoms with Gasteiger partial charge in [0.15, 0.2) is 0 Å². The number of carbonyl (C=O) groups excluding carboxylic acids is 1. The van der Waals surface area contributed by atoms with Crippen molar-refractivity contribution < 1.29 is 13.2 Å². The molecule has 8 heteroatoms. The van der Waals surface area contributed by atoms with Gasteiger partial charge in [0.05, 0.1) is 4.90 Å². The van der Waals surface area contributed by atoms with Crippen LogP contribution in [0.5, 0.6) is 0 Å². The van der Waals surface area contributed by atoms with E-state index in [-0.39, 0.29) is 16.6 Å². The zero-order chi connectivity index (χ0) is 15.5. The second kappa shape index (κ2) is 6.23.